The Labute approximate surface area is 185 Å². The van der Waals surface area contributed by atoms with E-state index in [1.807, 2.05) is 85.9 Å². The van der Waals surface area contributed by atoms with Crippen molar-refractivity contribution in [1.82, 2.24) is 0 Å². The zero-order valence-electron chi connectivity index (χ0n) is 17.6. The summed E-state index contributed by atoms with van der Waals surface area (Å²) in [4.78, 5) is 30.8. The molecule has 1 N–H and O–H groups in total. The summed E-state index contributed by atoms with van der Waals surface area (Å²) in [5.74, 6) is -0.0315. The first-order chi connectivity index (χ1) is 15.0. The Hall–Kier alpha value is -3.58. The molecule has 0 fully saturated rings. The molecule has 158 valence electrons. The van der Waals surface area contributed by atoms with Crippen LogP contribution in [0.2, 0.25) is 0 Å². The van der Waals surface area contributed by atoms with Crippen molar-refractivity contribution < 1.29 is 14.3 Å². The molecule has 4 rings (SSSR count). The monoisotopic (exact) mass is 433 g/mol. The minimum atomic E-state index is -0.383. The molecule has 0 spiro atoms. The van der Waals surface area contributed by atoms with Crippen molar-refractivity contribution in [2.75, 3.05) is 35.8 Å². The molecular formula is C24H23N3O3S. The largest absolute Gasteiger partial charge is 0.494 e. The third-order valence-corrected chi connectivity index (χ3v) is 5.76. The minimum Gasteiger partial charge on any atom is -0.494 e. The number of thiophene rings is 1. The smallest absolute Gasteiger partial charge is 0.282 e. The lowest BCUT2D eigenvalue weighted by molar-refractivity contribution is -0.120. The molecule has 6 nitrogen and oxygen atoms in total. The molecule has 0 saturated heterocycles. The number of rotatable bonds is 7. The van der Waals surface area contributed by atoms with Crippen molar-refractivity contribution in [3.8, 4) is 5.75 Å². The van der Waals surface area contributed by atoms with E-state index in [1.165, 1.54) is 16.2 Å². The van der Waals surface area contributed by atoms with E-state index in [1.54, 1.807) is 6.07 Å². The average Bonchev–Trinajstić information content (AvgIpc) is 3.35. The van der Waals surface area contributed by atoms with Crippen LogP contribution in [0.1, 0.15) is 11.8 Å². The Kier molecular flexibility index (Phi) is 5.77. The second-order valence-electron chi connectivity index (χ2n) is 7.17. The number of amides is 2. The molecule has 2 amide bonds. The highest BCUT2D eigenvalue weighted by Crippen LogP contribution is 2.36. The molecule has 1 aromatic heterocycles. The molecule has 0 unspecified atom stereocenters. The van der Waals surface area contributed by atoms with Gasteiger partial charge in [0.2, 0.25) is 0 Å². The van der Waals surface area contributed by atoms with Gasteiger partial charge >= 0.3 is 0 Å². The molecular weight excluding hydrogens is 410 g/mol. The van der Waals surface area contributed by atoms with Gasteiger partial charge in [0, 0.05) is 36.4 Å². The van der Waals surface area contributed by atoms with E-state index >= 15 is 0 Å². The predicted molar refractivity (Wildman–Crippen MR) is 126 cm³/mol. The Morgan fingerprint density at radius 2 is 1.81 bits per heavy atom. The summed E-state index contributed by atoms with van der Waals surface area (Å²) < 4.78 is 5.56. The lowest BCUT2D eigenvalue weighted by atomic mass is 10.2. The van der Waals surface area contributed by atoms with Crippen LogP contribution in [0.3, 0.4) is 0 Å². The van der Waals surface area contributed by atoms with Gasteiger partial charge in [-0.2, -0.15) is 0 Å². The first-order valence-electron chi connectivity index (χ1n) is 9.93. The summed E-state index contributed by atoms with van der Waals surface area (Å²) >= 11 is 1.43. The molecule has 0 bridgehead atoms. The normalized spacial score (nSPS) is 13.7. The van der Waals surface area contributed by atoms with Crippen molar-refractivity contribution in [3.05, 3.63) is 76.6 Å². The first-order valence-corrected chi connectivity index (χ1v) is 10.8. The van der Waals surface area contributed by atoms with Gasteiger partial charge in [-0.1, -0.05) is 18.2 Å². The van der Waals surface area contributed by atoms with E-state index in [-0.39, 0.29) is 17.5 Å². The van der Waals surface area contributed by atoms with Crippen LogP contribution in [0.25, 0.3) is 5.57 Å². The maximum Gasteiger partial charge on any atom is 0.282 e. The molecule has 0 atom stereocenters. The molecule has 3 aromatic rings. The molecule has 2 aromatic carbocycles. The fraction of sp³-hybridized carbons (Fsp3) is 0.167. The number of nitrogens with zero attached hydrogens (tertiary/aromatic N) is 2. The van der Waals surface area contributed by atoms with Crippen LogP contribution in [-0.2, 0) is 9.59 Å². The number of nitrogens with one attached hydrogen (secondary N) is 1. The zero-order valence-corrected chi connectivity index (χ0v) is 18.4. The summed E-state index contributed by atoms with van der Waals surface area (Å²) in [7, 11) is 3.83. The van der Waals surface area contributed by atoms with E-state index in [4.69, 9.17) is 4.74 Å². The van der Waals surface area contributed by atoms with E-state index in [9.17, 15) is 9.59 Å². The van der Waals surface area contributed by atoms with Crippen LogP contribution in [0, 0.1) is 0 Å². The molecule has 0 aliphatic carbocycles. The maximum atomic E-state index is 13.5. The van der Waals surface area contributed by atoms with Crippen molar-refractivity contribution >= 4 is 45.8 Å². The van der Waals surface area contributed by atoms with Crippen molar-refractivity contribution in [2.24, 2.45) is 0 Å². The number of carbonyl (C=O) groups excluding carboxylic acids is 2. The molecule has 1 aliphatic rings. The Morgan fingerprint density at radius 3 is 2.52 bits per heavy atom. The van der Waals surface area contributed by atoms with Crippen LogP contribution >= 0.6 is 11.3 Å². The topological polar surface area (TPSA) is 61.9 Å². The number of hydrogen-bond donors (Lipinski definition) is 1. The summed E-state index contributed by atoms with van der Waals surface area (Å²) in [6, 6.07) is 18.4. The zero-order chi connectivity index (χ0) is 22.0. The number of imide groups is 1. The summed E-state index contributed by atoms with van der Waals surface area (Å²) in [6.45, 7) is 2.45. The molecule has 0 saturated carbocycles. The van der Waals surface area contributed by atoms with Crippen LogP contribution in [0.15, 0.2) is 71.7 Å². The standard InChI is InChI=1S/C24H23N3O3S/c1-4-30-19-11-5-8-16(14-19)25-22-21(20-12-7-13-31-20)23(28)27(24(22)29)18-10-6-9-17(15-18)26(2)3/h5-15,25H,4H2,1-3H3. The Balaban J connectivity index is 1.76. The van der Waals surface area contributed by atoms with E-state index in [2.05, 4.69) is 5.32 Å². The van der Waals surface area contributed by atoms with Crippen LogP contribution < -0.4 is 19.9 Å². The third kappa shape index (κ3) is 4.04. The highest BCUT2D eigenvalue weighted by Gasteiger charge is 2.40. The molecule has 0 radical (unpaired) electrons. The van der Waals surface area contributed by atoms with Crippen molar-refractivity contribution in [3.63, 3.8) is 0 Å². The second kappa shape index (κ2) is 8.65. The lowest BCUT2D eigenvalue weighted by Gasteiger charge is -2.19. The van der Waals surface area contributed by atoms with E-state index in [0.717, 1.165) is 10.6 Å². The van der Waals surface area contributed by atoms with Gasteiger partial charge in [-0.25, -0.2) is 4.90 Å². The SMILES string of the molecule is CCOc1cccc(NC2=C(c3cccs3)C(=O)N(c3cccc(N(C)C)c3)C2=O)c1. The number of carbonyl (C=O) groups is 2. The molecule has 31 heavy (non-hydrogen) atoms. The van der Waals surface area contributed by atoms with Gasteiger partial charge in [-0.15, -0.1) is 11.3 Å². The Morgan fingerprint density at radius 1 is 1.00 bits per heavy atom. The highest BCUT2D eigenvalue weighted by molar-refractivity contribution is 7.11. The number of anilines is 3. The number of benzene rings is 2. The fourth-order valence-electron chi connectivity index (χ4n) is 3.41. The minimum absolute atomic E-state index is 0.261. The summed E-state index contributed by atoms with van der Waals surface area (Å²) in [6.07, 6.45) is 0. The predicted octanol–water partition coefficient (Wildman–Crippen LogP) is 4.61. The van der Waals surface area contributed by atoms with Gasteiger partial charge in [-0.05, 0) is 48.7 Å². The lowest BCUT2D eigenvalue weighted by Crippen LogP contribution is -2.32. The first kappa shape index (κ1) is 20.7. The van der Waals surface area contributed by atoms with Gasteiger partial charge in [0.05, 0.1) is 17.9 Å². The van der Waals surface area contributed by atoms with Crippen molar-refractivity contribution in [1.29, 1.82) is 0 Å². The number of ether oxygens (including phenoxy) is 1. The number of hydrogen-bond acceptors (Lipinski definition) is 6. The quantitative estimate of drug-likeness (QED) is 0.552. The summed E-state index contributed by atoms with van der Waals surface area (Å²) in [5.41, 5.74) is 2.75. The second-order valence-corrected chi connectivity index (χ2v) is 8.12. The van der Waals surface area contributed by atoms with Crippen molar-refractivity contribution in [2.45, 2.75) is 6.92 Å². The molecule has 1 aliphatic heterocycles. The summed E-state index contributed by atoms with van der Waals surface area (Å²) in [5, 5.41) is 5.07. The van der Waals surface area contributed by atoms with Crippen LogP contribution in [0.4, 0.5) is 17.1 Å². The fourth-order valence-corrected chi connectivity index (χ4v) is 4.18. The van der Waals surface area contributed by atoms with Gasteiger partial charge in [0.25, 0.3) is 11.8 Å². The van der Waals surface area contributed by atoms with E-state index < -0.39 is 0 Å². The Bertz CT molecular complexity index is 1150. The third-order valence-electron chi connectivity index (χ3n) is 4.87. The van der Waals surface area contributed by atoms with Gasteiger partial charge < -0.3 is 15.0 Å². The van der Waals surface area contributed by atoms with Gasteiger partial charge in [0.15, 0.2) is 0 Å². The highest BCUT2D eigenvalue weighted by atomic mass is 32.1. The molecule has 7 heteroatoms. The van der Waals surface area contributed by atoms with Gasteiger partial charge in [-0.3, -0.25) is 9.59 Å². The average molecular weight is 434 g/mol. The van der Waals surface area contributed by atoms with E-state index in [0.29, 0.717) is 29.3 Å². The van der Waals surface area contributed by atoms with Gasteiger partial charge in [0.1, 0.15) is 11.4 Å². The molecule has 2 heterocycles. The van der Waals surface area contributed by atoms with Crippen LogP contribution in [-0.4, -0.2) is 32.5 Å². The van der Waals surface area contributed by atoms with Crippen LogP contribution in [0.5, 0.6) is 5.75 Å². The maximum absolute atomic E-state index is 13.5.